The van der Waals surface area contributed by atoms with Crippen LogP contribution >= 0.6 is 0 Å². The van der Waals surface area contributed by atoms with Gasteiger partial charge < -0.3 is 9.13 Å². The third-order valence-electron chi connectivity index (χ3n) is 11.4. The van der Waals surface area contributed by atoms with Gasteiger partial charge in [0.15, 0.2) is 46.5 Å². The minimum Gasteiger partial charge on any atom is -0.308 e. The molecule has 17 heteroatoms. The molecule has 0 aliphatic heterocycles. The van der Waals surface area contributed by atoms with Crippen LogP contribution in [-0.2, 0) is 12.4 Å². The fourth-order valence-electron chi connectivity index (χ4n) is 8.64. The van der Waals surface area contributed by atoms with Crippen molar-refractivity contribution in [1.29, 1.82) is 0 Å². The van der Waals surface area contributed by atoms with E-state index in [1.807, 2.05) is 0 Å². The van der Waals surface area contributed by atoms with E-state index < -0.39 is 115 Å². The van der Waals surface area contributed by atoms with E-state index in [1.165, 1.54) is 70.7 Å². The molecule has 0 N–H and O–H groups in total. The highest BCUT2D eigenvalue weighted by Crippen LogP contribution is 2.48. The van der Waals surface area contributed by atoms with Gasteiger partial charge in [-0.2, -0.15) is 26.3 Å². The number of rotatable bonds is 4. The second kappa shape index (κ2) is 14.3. The van der Waals surface area contributed by atoms with E-state index in [9.17, 15) is 30.7 Å². The Hall–Kier alpha value is -6.91. The lowest BCUT2D eigenvalue weighted by Crippen LogP contribution is -2.14. The topological polar surface area (TPSA) is 9.86 Å². The van der Waals surface area contributed by atoms with Crippen LogP contribution in [0.2, 0.25) is 0 Å². The molecule has 0 spiro atoms. The van der Waals surface area contributed by atoms with Gasteiger partial charge in [-0.3, -0.25) is 0 Å². The summed E-state index contributed by atoms with van der Waals surface area (Å²) in [4.78, 5) is 0. The Kier molecular flexibility index (Phi) is 9.48. The van der Waals surface area contributed by atoms with Crippen LogP contribution in [0.15, 0.2) is 84.9 Å². The first-order valence-electron chi connectivity index (χ1n) is 18.8. The molecule has 0 bridgehead atoms. The highest BCUT2D eigenvalue weighted by molar-refractivity contribution is 6.19. The highest BCUT2D eigenvalue weighted by atomic mass is 19.4. The van der Waals surface area contributed by atoms with Crippen LogP contribution in [0.1, 0.15) is 27.8 Å². The van der Waals surface area contributed by atoms with Gasteiger partial charge in [0, 0.05) is 27.1 Å². The van der Waals surface area contributed by atoms with Crippen molar-refractivity contribution in [3.8, 4) is 33.6 Å². The molecule has 64 heavy (non-hydrogen) atoms. The molecular weight excluding hydrogens is 878 g/mol. The number of halogens is 15. The molecule has 7 aromatic carbocycles. The number of aryl methyl sites for hydroxylation is 2. The van der Waals surface area contributed by atoms with Crippen molar-refractivity contribution < 1.29 is 65.9 Å². The van der Waals surface area contributed by atoms with Crippen LogP contribution < -0.4 is 0 Å². The van der Waals surface area contributed by atoms with Gasteiger partial charge in [-0.25, -0.2) is 39.5 Å². The first-order valence-corrected chi connectivity index (χ1v) is 18.8. The number of alkyl halides is 6. The summed E-state index contributed by atoms with van der Waals surface area (Å²) >= 11 is 0. The van der Waals surface area contributed by atoms with Gasteiger partial charge >= 0.3 is 12.4 Å². The van der Waals surface area contributed by atoms with Crippen LogP contribution in [0.3, 0.4) is 0 Å². The Bertz CT molecular complexity index is 3210. The van der Waals surface area contributed by atoms with Crippen molar-refractivity contribution in [2.75, 3.05) is 0 Å². The van der Waals surface area contributed by atoms with Gasteiger partial charge in [-0.05, 0) is 91.6 Å². The lowest BCUT2D eigenvalue weighted by molar-refractivity contribution is -0.138. The monoisotopic (exact) mass is 900 g/mol. The van der Waals surface area contributed by atoms with E-state index in [4.69, 9.17) is 0 Å². The minimum absolute atomic E-state index is 0.0478. The summed E-state index contributed by atoms with van der Waals surface area (Å²) in [5.74, 6) is -19.4. The van der Waals surface area contributed by atoms with Gasteiger partial charge in [-0.1, -0.05) is 36.4 Å². The fraction of sp³-hybridized carbons (Fsp3) is 0.106. The molecule has 326 valence electrons. The molecule has 0 radical (unpaired) electrons. The van der Waals surface area contributed by atoms with Gasteiger partial charge in [0.25, 0.3) is 0 Å². The van der Waals surface area contributed by atoms with E-state index in [0.717, 1.165) is 26.0 Å². The number of benzene rings is 7. The number of fused-ring (bicyclic) bond motifs is 6. The summed E-state index contributed by atoms with van der Waals surface area (Å²) in [6, 6.07) is 17.2. The number of para-hydroxylation sites is 2. The van der Waals surface area contributed by atoms with Crippen molar-refractivity contribution in [2.24, 2.45) is 0 Å². The zero-order chi connectivity index (χ0) is 46.2. The zero-order valence-corrected chi connectivity index (χ0v) is 32.6. The maximum atomic E-state index is 15.3. The van der Waals surface area contributed by atoms with E-state index in [-0.39, 0.29) is 60.8 Å². The predicted molar refractivity (Wildman–Crippen MR) is 210 cm³/mol. The maximum Gasteiger partial charge on any atom is 0.418 e. The Morgan fingerprint density at radius 3 is 1.05 bits per heavy atom. The van der Waals surface area contributed by atoms with E-state index in [2.05, 4.69) is 0 Å². The molecule has 2 aromatic heterocycles. The SMILES string of the molecule is Cc1cc(-c2c(F)c(F)c(C)c(F)c2F)cc(C(F)(F)F)c1-n1c2ccccc2c2cc3c(cc21)c1ccccc1n3-c1c(C)cc(-c2c(F)c(F)c(F)c(F)c2F)cc1C(F)(F)F. The molecule has 0 aliphatic carbocycles. The first-order chi connectivity index (χ1) is 30.0. The smallest absolute Gasteiger partial charge is 0.308 e. The zero-order valence-electron chi connectivity index (χ0n) is 32.6. The summed E-state index contributed by atoms with van der Waals surface area (Å²) in [6.45, 7) is 3.08. The average molecular weight is 901 g/mol. The van der Waals surface area contributed by atoms with E-state index in [1.54, 1.807) is 6.07 Å². The molecule has 2 nitrogen and oxygen atoms in total. The quantitative estimate of drug-likeness (QED) is 0.0946. The fourth-order valence-corrected chi connectivity index (χ4v) is 8.64. The second-order valence-electron chi connectivity index (χ2n) is 15.2. The molecule has 0 saturated carbocycles. The van der Waals surface area contributed by atoms with Gasteiger partial charge in [0.2, 0.25) is 5.82 Å². The van der Waals surface area contributed by atoms with Crippen LogP contribution in [-0.4, -0.2) is 9.13 Å². The summed E-state index contributed by atoms with van der Waals surface area (Å²) in [5.41, 5.74) is -10.2. The van der Waals surface area contributed by atoms with Crippen molar-refractivity contribution in [3.63, 3.8) is 0 Å². The number of hydrogen-bond donors (Lipinski definition) is 0. The average Bonchev–Trinajstić information content (AvgIpc) is 3.73. The lowest BCUT2D eigenvalue weighted by Gasteiger charge is -2.21. The van der Waals surface area contributed by atoms with Gasteiger partial charge in [0.05, 0.1) is 55.7 Å². The van der Waals surface area contributed by atoms with Crippen LogP contribution in [0.4, 0.5) is 65.9 Å². The van der Waals surface area contributed by atoms with E-state index in [0.29, 0.717) is 6.07 Å². The Morgan fingerprint density at radius 1 is 0.359 bits per heavy atom. The Balaban J connectivity index is 1.37. The molecule has 9 aromatic rings. The van der Waals surface area contributed by atoms with Gasteiger partial charge in [0.1, 0.15) is 0 Å². The minimum atomic E-state index is -5.32. The van der Waals surface area contributed by atoms with Gasteiger partial charge in [-0.15, -0.1) is 0 Å². The van der Waals surface area contributed by atoms with Crippen LogP contribution in [0.25, 0.3) is 77.2 Å². The third-order valence-corrected chi connectivity index (χ3v) is 11.4. The second-order valence-corrected chi connectivity index (χ2v) is 15.2. The highest BCUT2D eigenvalue weighted by Gasteiger charge is 2.39. The van der Waals surface area contributed by atoms with Crippen LogP contribution in [0, 0.1) is 73.1 Å². The maximum absolute atomic E-state index is 15.3. The number of aromatic nitrogens is 2. The summed E-state index contributed by atoms with van der Waals surface area (Å²) < 4.78 is 226. The normalized spacial score (nSPS) is 12.5. The molecule has 9 rings (SSSR count). The molecule has 0 atom stereocenters. The largest absolute Gasteiger partial charge is 0.418 e. The molecule has 0 unspecified atom stereocenters. The van der Waals surface area contributed by atoms with Crippen molar-refractivity contribution in [3.05, 3.63) is 165 Å². The molecular formula is C47H23F15N2. The summed E-state index contributed by atoms with van der Waals surface area (Å²) in [5, 5.41) is 0.918. The molecule has 0 saturated heterocycles. The number of nitrogens with zero attached hydrogens (tertiary/aromatic N) is 2. The van der Waals surface area contributed by atoms with Crippen molar-refractivity contribution >= 4 is 43.6 Å². The predicted octanol–water partition coefficient (Wildman–Crippen LogP) is 15.4. The van der Waals surface area contributed by atoms with Crippen molar-refractivity contribution in [1.82, 2.24) is 9.13 Å². The van der Waals surface area contributed by atoms with E-state index >= 15 is 35.1 Å². The molecule has 0 aliphatic rings. The first kappa shape index (κ1) is 42.4. The third kappa shape index (κ3) is 6.06. The summed E-state index contributed by atoms with van der Waals surface area (Å²) in [7, 11) is 0. The standard InChI is InChI=1S/C47H23F15N2/c1-18-12-21(33-37(50)35(48)20(3)36(49)38(33)51)14-27(46(57,58)59)44(18)63-29-10-6-4-8-23(29)25-17-32-26(16-31(25)63)24-9-5-7-11-30(24)64(32)45-19(2)13-22(15-28(45)47(60,61)62)34-39(52)41(54)43(56)42(55)40(34)53/h4-17H,1-3H3. The Morgan fingerprint density at radius 2 is 0.688 bits per heavy atom. The number of hydrogen-bond acceptors (Lipinski definition) is 0. The lowest BCUT2D eigenvalue weighted by atomic mass is 9.95. The molecule has 2 heterocycles. The van der Waals surface area contributed by atoms with Crippen LogP contribution in [0.5, 0.6) is 0 Å². The molecule has 0 amide bonds. The van der Waals surface area contributed by atoms with Crippen molar-refractivity contribution in [2.45, 2.75) is 33.1 Å². The Labute approximate surface area is 350 Å². The molecule has 0 fully saturated rings. The summed E-state index contributed by atoms with van der Waals surface area (Å²) in [6.07, 6.45) is -10.6.